The van der Waals surface area contributed by atoms with Crippen LogP contribution in [0.25, 0.3) is 0 Å². The van der Waals surface area contributed by atoms with Crippen molar-refractivity contribution < 1.29 is 9.59 Å². The van der Waals surface area contributed by atoms with Crippen LogP contribution in [0.3, 0.4) is 0 Å². The van der Waals surface area contributed by atoms with E-state index < -0.39 is 5.91 Å². The van der Waals surface area contributed by atoms with Crippen molar-refractivity contribution in [1.29, 1.82) is 0 Å². The molecule has 1 aromatic heterocycles. The van der Waals surface area contributed by atoms with Gasteiger partial charge in [0.2, 0.25) is 11.8 Å². The summed E-state index contributed by atoms with van der Waals surface area (Å²) in [7, 11) is 0. The first-order valence-electron chi connectivity index (χ1n) is 5.58. The van der Waals surface area contributed by atoms with Crippen LogP contribution in [0.4, 0.5) is 5.69 Å². The van der Waals surface area contributed by atoms with Crippen LogP contribution in [0.1, 0.15) is 0 Å². The summed E-state index contributed by atoms with van der Waals surface area (Å²) in [6.07, 6.45) is 3.08. The highest BCUT2D eigenvalue weighted by molar-refractivity contribution is 7.99. The monoisotopic (exact) mass is 269 g/mol. The van der Waals surface area contributed by atoms with E-state index in [0.717, 1.165) is 18.1 Å². The van der Waals surface area contributed by atoms with Crippen LogP contribution in [0.15, 0.2) is 12.4 Å². The minimum atomic E-state index is -0.471. The second-order valence-corrected chi connectivity index (χ2v) is 5.11. The first kappa shape index (κ1) is 12.9. The fourth-order valence-electron chi connectivity index (χ4n) is 1.64. The smallest absolute Gasteiger partial charge is 0.242 e. The maximum atomic E-state index is 11.9. The second-order valence-electron chi connectivity index (χ2n) is 3.96. The number of rotatable bonds is 4. The number of primary amides is 1. The molecule has 1 aromatic rings. The van der Waals surface area contributed by atoms with Crippen molar-refractivity contribution in [2.75, 3.05) is 23.4 Å². The molecule has 1 fully saturated rings. The highest BCUT2D eigenvalue weighted by atomic mass is 32.2. The van der Waals surface area contributed by atoms with Crippen LogP contribution < -0.4 is 16.4 Å². The fourth-order valence-corrected chi connectivity index (χ4v) is 2.57. The largest absolute Gasteiger partial charge is 0.368 e. The average Bonchev–Trinajstić information content (AvgIpc) is 2.76. The van der Waals surface area contributed by atoms with Gasteiger partial charge in [0.25, 0.3) is 0 Å². The van der Waals surface area contributed by atoms with Gasteiger partial charge in [-0.25, -0.2) is 0 Å². The fraction of sp³-hybridized carbons (Fsp3) is 0.500. The number of carbonyl (C=O) groups excluding carboxylic acids is 2. The number of thioether (sulfide) groups is 1. The quantitative estimate of drug-likeness (QED) is 0.651. The minimum absolute atomic E-state index is 0.00734. The molecule has 1 aliphatic rings. The molecular weight excluding hydrogens is 254 g/mol. The molecule has 1 saturated heterocycles. The SMILES string of the molecule is NC(=O)Cn1cc(NC(=O)C2CSCCN2)cn1. The normalized spacial score (nSPS) is 19.4. The third-order valence-electron chi connectivity index (χ3n) is 2.46. The highest BCUT2D eigenvalue weighted by Gasteiger charge is 2.21. The van der Waals surface area contributed by atoms with Gasteiger partial charge in [0, 0.05) is 24.2 Å². The molecule has 8 heteroatoms. The summed E-state index contributed by atoms with van der Waals surface area (Å²) < 4.78 is 1.39. The maximum absolute atomic E-state index is 11.9. The number of aromatic nitrogens is 2. The van der Waals surface area contributed by atoms with Crippen molar-refractivity contribution in [2.24, 2.45) is 5.73 Å². The van der Waals surface area contributed by atoms with E-state index in [-0.39, 0.29) is 18.5 Å². The topological polar surface area (TPSA) is 102 Å². The molecule has 7 nitrogen and oxygen atoms in total. The molecule has 0 aromatic carbocycles. The number of nitrogens with zero attached hydrogens (tertiary/aromatic N) is 2. The number of hydrogen-bond acceptors (Lipinski definition) is 5. The summed E-state index contributed by atoms with van der Waals surface area (Å²) >= 11 is 1.75. The molecule has 18 heavy (non-hydrogen) atoms. The Hall–Kier alpha value is -1.54. The van der Waals surface area contributed by atoms with E-state index in [0.29, 0.717) is 5.69 Å². The van der Waals surface area contributed by atoms with Gasteiger partial charge in [0.15, 0.2) is 0 Å². The standard InChI is InChI=1S/C10H15N5O2S/c11-9(16)5-15-4-7(3-13-15)14-10(17)8-6-18-2-1-12-8/h3-4,8,12H,1-2,5-6H2,(H2,11,16)(H,14,17). The molecule has 0 saturated carbocycles. The molecule has 1 atom stereocenters. The number of anilines is 1. The Balaban J connectivity index is 1.90. The maximum Gasteiger partial charge on any atom is 0.242 e. The summed E-state index contributed by atoms with van der Waals surface area (Å²) in [6, 6.07) is -0.178. The lowest BCUT2D eigenvalue weighted by molar-refractivity contribution is -0.119. The Labute approximate surface area is 108 Å². The van der Waals surface area contributed by atoms with Crippen molar-refractivity contribution in [1.82, 2.24) is 15.1 Å². The Morgan fingerprint density at radius 2 is 2.50 bits per heavy atom. The van der Waals surface area contributed by atoms with Gasteiger partial charge in [-0.3, -0.25) is 14.3 Å². The van der Waals surface area contributed by atoms with E-state index in [4.69, 9.17) is 5.73 Å². The Bertz CT molecular complexity index is 441. The summed E-state index contributed by atoms with van der Waals surface area (Å²) in [4.78, 5) is 22.6. The molecule has 0 spiro atoms. The van der Waals surface area contributed by atoms with Gasteiger partial charge in [0.1, 0.15) is 6.54 Å². The van der Waals surface area contributed by atoms with Crippen molar-refractivity contribution in [3.63, 3.8) is 0 Å². The van der Waals surface area contributed by atoms with Crippen molar-refractivity contribution in [3.8, 4) is 0 Å². The molecule has 1 aliphatic heterocycles. The first-order chi connectivity index (χ1) is 8.65. The van der Waals surface area contributed by atoms with Gasteiger partial charge in [-0.15, -0.1) is 0 Å². The van der Waals surface area contributed by atoms with Crippen molar-refractivity contribution in [2.45, 2.75) is 12.6 Å². The van der Waals surface area contributed by atoms with Crippen LogP contribution in [-0.4, -0.2) is 45.7 Å². The van der Waals surface area contributed by atoms with E-state index in [1.807, 2.05) is 0 Å². The van der Waals surface area contributed by atoms with Gasteiger partial charge in [0.05, 0.1) is 17.9 Å². The van der Waals surface area contributed by atoms with Crippen LogP contribution in [0.2, 0.25) is 0 Å². The molecule has 2 heterocycles. The third-order valence-corrected chi connectivity index (χ3v) is 3.52. The number of amides is 2. The van der Waals surface area contributed by atoms with Gasteiger partial charge in [-0.05, 0) is 0 Å². The molecule has 0 aliphatic carbocycles. The van der Waals surface area contributed by atoms with Gasteiger partial charge in [-0.1, -0.05) is 0 Å². The number of hydrogen-bond donors (Lipinski definition) is 3. The first-order valence-corrected chi connectivity index (χ1v) is 6.73. The third kappa shape index (κ3) is 3.47. The Morgan fingerprint density at radius 1 is 1.67 bits per heavy atom. The predicted molar refractivity (Wildman–Crippen MR) is 69.2 cm³/mol. The van der Waals surface area contributed by atoms with Crippen molar-refractivity contribution >= 4 is 29.3 Å². The molecule has 0 bridgehead atoms. The predicted octanol–water partition coefficient (Wildman–Crippen LogP) is -0.988. The van der Waals surface area contributed by atoms with E-state index in [9.17, 15) is 9.59 Å². The summed E-state index contributed by atoms with van der Waals surface area (Å²) in [5.74, 6) is 1.24. The van der Waals surface area contributed by atoms with E-state index in [1.54, 1.807) is 18.0 Å². The van der Waals surface area contributed by atoms with Crippen LogP contribution in [0, 0.1) is 0 Å². The number of nitrogens with two attached hydrogens (primary N) is 1. The summed E-state index contributed by atoms with van der Waals surface area (Å²) in [6.45, 7) is 0.844. The molecule has 2 amide bonds. The molecular formula is C10H15N5O2S. The molecule has 0 radical (unpaired) electrons. The van der Waals surface area contributed by atoms with Crippen LogP contribution in [0.5, 0.6) is 0 Å². The Morgan fingerprint density at radius 3 is 3.17 bits per heavy atom. The number of nitrogens with one attached hydrogen (secondary N) is 2. The van der Waals surface area contributed by atoms with E-state index in [1.165, 1.54) is 10.9 Å². The average molecular weight is 269 g/mol. The van der Waals surface area contributed by atoms with Crippen LogP contribution >= 0.6 is 11.8 Å². The van der Waals surface area contributed by atoms with Crippen molar-refractivity contribution in [3.05, 3.63) is 12.4 Å². The lowest BCUT2D eigenvalue weighted by atomic mass is 10.3. The number of carbonyl (C=O) groups is 2. The molecule has 98 valence electrons. The zero-order valence-electron chi connectivity index (χ0n) is 9.76. The molecule has 4 N–H and O–H groups in total. The zero-order chi connectivity index (χ0) is 13.0. The van der Waals surface area contributed by atoms with Gasteiger partial charge in [-0.2, -0.15) is 16.9 Å². The lowest BCUT2D eigenvalue weighted by Crippen LogP contribution is -2.46. The van der Waals surface area contributed by atoms with E-state index in [2.05, 4.69) is 15.7 Å². The summed E-state index contributed by atoms with van der Waals surface area (Å²) in [5.41, 5.74) is 5.62. The minimum Gasteiger partial charge on any atom is -0.368 e. The van der Waals surface area contributed by atoms with Gasteiger partial charge >= 0.3 is 0 Å². The van der Waals surface area contributed by atoms with Gasteiger partial charge < -0.3 is 16.4 Å². The second kappa shape index (κ2) is 5.87. The Kier molecular flexibility index (Phi) is 4.21. The zero-order valence-corrected chi connectivity index (χ0v) is 10.6. The van der Waals surface area contributed by atoms with Crippen LogP contribution in [-0.2, 0) is 16.1 Å². The molecule has 1 unspecified atom stereocenters. The highest BCUT2D eigenvalue weighted by Crippen LogP contribution is 2.10. The molecule has 2 rings (SSSR count). The summed E-state index contributed by atoms with van der Waals surface area (Å²) in [5, 5.41) is 9.83. The lowest BCUT2D eigenvalue weighted by Gasteiger charge is -2.21. The van der Waals surface area contributed by atoms with E-state index >= 15 is 0 Å².